The molecule has 2 heterocycles. The van der Waals surface area contributed by atoms with Gasteiger partial charge in [-0.25, -0.2) is 4.98 Å². The molecule has 2 aromatic heterocycles. The second-order valence-electron chi connectivity index (χ2n) is 10.0. The highest BCUT2D eigenvalue weighted by atomic mass is 16.3. The Morgan fingerprint density at radius 1 is 0.839 bits per heavy atom. The standard InChI is InChI=1S/C29H27NO/c1-15(2)19-10-11-21-25-24-20(9-8-17(4)27(24)31-28(19)25)26-22(29(21,5)6)14-18-13-16(3)7-12-23(18)30-26/h7-15H,1-6H3. The largest absolute Gasteiger partial charge is 0.455 e. The minimum absolute atomic E-state index is 0.197. The van der Waals surface area contributed by atoms with Crippen LogP contribution in [0.3, 0.4) is 0 Å². The van der Waals surface area contributed by atoms with Crippen molar-refractivity contribution in [1.82, 2.24) is 4.98 Å². The predicted octanol–water partition coefficient (Wildman–Crippen LogP) is 8.18. The van der Waals surface area contributed by atoms with E-state index in [0.29, 0.717) is 5.92 Å². The van der Waals surface area contributed by atoms with Gasteiger partial charge in [-0.05, 0) is 60.2 Å². The van der Waals surface area contributed by atoms with Gasteiger partial charge in [0.1, 0.15) is 11.2 Å². The van der Waals surface area contributed by atoms with Crippen LogP contribution in [0.1, 0.15) is 61.4 Å². The zero-order valence-electron chi connectivity index (χ0n) is 19.1. The number of hydrogen-bond donors (Lipinski definition) is 0. The van der Waals surface area contributed by atoms with Gasteiger partial charge >= 0.3 is 0 Å². The maximum absolute atomic E-state index is 6.62. The molecule has 0 aliphatic heterocycles. The summed E-state index contributed by atoms with van der Waals surface area (Å²) in [6.07, 6.45) is 0. The van der Waals surface area contributed by atoms with Crippen molar-refractivity contribution >= 4 is 32.8 Å². The fraction of sp³-hybridized carbons (Fsp3) is 0.276. The Hall–Kier alpha value is -3.13. The highest BCUT2D eigenvalue weighted by Gasteiger charge is 2.36. The van der Waals surface area contributed by atoms with Gasteiger partial charge in [-0.3, -0.25) is 0 Å². The van der Waals surface area contributed by atoms with Crippen molar-refractivity contribution < 1.29 is 4.42 Å². The molecule has 0 atom stereocenters. The maximum atomic E-state index is 6.62. The summed E-state index contributed by atoms with van der Waals surface area (Å²) in [6.45, 7) is 13.4. The summed E-state index contributed by atoms with van der Waals surface area (Å²) in [6, 6.07) is 17.9. The first-order chi connectivity index (χ1) is 14.8. The summed E-state index contributed by atoms with van der Waals surface area (Å²) in [7, 11) is 0. The molecule has 2 heteroatoms. The summed E-state index contributed by atoms with van der Waals surface area (Å²) in [5.74, 6) is 0.399. The molecular formula is C29H27NO. The number of furan rings is 1. The zero-order chi connectivity index (χ0) is 21.7. The molecule has 31 heavy (non-hydrogen) atoms. The van der Waals surface area contributed by atoms with Gasteiger partial charge in [0.05, 0.1) is 11.2 Å². The fourth-order valence-corrected chi connectivity index (χ4v) is 5.42. The van der Waals surface area contributed by atoms with Crippen LogP contribution in [0.5, 0.6) is 0 Å². The van der Waals surface area contributed by atoms with Crippen LogP contribution in [0.4, 0.5) is 0 Å². The number of aromatic nitrogens is 1. The van der Waals surface area contributed by atoms with Gasteiger partial charge in [-0.15, -0.1) is 0 Å². The van der Waals surface area contributed by atoms with Crippen molar-refractivity contribution in [2.45, 2.75) is 52.9 Å². The highest BCUT2D eigenvalue weighted by Crippen LogP contribution is 2.51. The van der Waals surface area contributed by atoms with Crippen molar-refractivity contribution in [3.8, 4) is 11.3 Å². The quantitative estimate of drug-likeness (QED) is 0.281. The molecule has 0 N–H and O–H groups in total. The smallest absolute Gasteiger partial charge is 0.139 e. The topological polar surface area (TPSA) is 26.0 Å². The predicted molar refractivity (Wildman–Crippen MR) is 130 cm³/mol. The number of aryl methyl sites for hydroxylation is 2. The molecule has 0 saturated carbocycles. The van der Waals surface area contributed by atoms with E-state index >= 15 is 0 Å². The van der Waals surface area contributed by atoms with Crippen molar-refractivity contribution in [2.24, 2.45) is 0 Å². The molecule has 0 amide bonds. The normalized spacial score (nSPS) is 14.7. The van der Waals surface area contributed by atoms with Crippen LogP contribution in [0.15, 0.2) is 52.9 Å². The molecule has 0 fully saturated rings. The Kier molecular flexibility index (Phi) is 3.59. The number of benzene rings is 3. The van der Waals surface area contributed by atoms with E-state index in [1.807, 2.05) is 0 Å². The Morgan fingerprint density at radius 3 is 2.42 bits per heavy atom. The van der Waals surface area contributed by atoms with Crippen molar-refractivity contribution in [1.29, 1.82) is 0 Å². The summed E-state index contributed by atoms with van der Waals surface area (Å²) in [5, 5.41) is 3.69. The molecule has 154 valence electrons. The van der Waals surface area contributed by atoms with E-state index < -0.39 is 0 Å². The molecule has 6 rings (SSSR count). The average molecular weight is 406 g/mol. The van der Waals surface area contributed by atoms with Crippen LogP contribution in [0.25, 0.3) is 44.1 Å². The van der Waals surface area contributed by atoms with Crippen LogP contribution in [0.2, 0.25) is 0 Å². The van der Waals surface area contributed by atoms with E-state index in [-0.39, 0.29) is 5.41 Å². The lowest BCUT2D eigenvalue weighted by Gasteiger charge is -2.28. The van der Waals surface area contributed by atoms with Gasteiger partial charge in [-0.2, -0.15) is 0 Å². The Balaban J connectivity index is 1.88. The molecule has 1 aliphatic rings. The first-order valence-corrected chi connectivity index (χ1v) is 11.2. The molecular weight excluding hydrogens is 378 g/mol. The first-order valence-electron chi connectivity index (χ1n) is 11.2. The van der Waals surface area contributed by atoms with Crippen molar-refractivity contribution in [2.75, 3.05) is 0 Å². The SMILES string of the molecule is Cc1ccc2nc3c(cc2c1)C(C)(C)c1ccc(C(C)C)c2oc4c(C)ccc-3c4c12. The number of fused-ring (bicyclic) bond motifs is 3. The van der Waals surface area contributed by atoms with Gasteiger partial charge in [0, 0.05) is 27.1 Å². The lowest BCUT2D eigenvalue weighted by atomic mass is 9.76. The van der Waals surface area contributed by atoms with E-state index in [9.17, 15) is 0 Å². The number of nitrogens with zero attached hydrogens (tertiary/aromatic N) is 1. The van der Waals surface area contributed by atoms with Crippen molar-refractivity contribution in [3.63, 3.8) is 0 Å². The summed E-state index contributed by atoms with van der Waals surface area (Å²) >= 11 is 0. The number of rotatable bonds is 1. The van der Waals surface area contributed by atoms with Crippen LogP contribution in [-0.4, -0.2) is 4.98 Å². The summed E-state index contributed by atoms with van der Waals surface area (Å²) in [5.41, 5.74) is 11.5. The second kappa shape index (κ2) is 5.97. The Morgan fingerprint density at radius 2 is 1.65 bits per heavy atom. The summed E-state index contributed by atoms with van der Waals surface area (Å²) < 4.78 is 6.62. The number of hydrogen-bond acceptors (Lipinski definition) is 2. The molecule has 0 spiro atoms. The third kappa shape index (κ3) is 2.36. The van der Waals surface area contributed by atoms with E-state index in [1.54, 1.807) is 0 Å². The third-order valence-electron chi connectivity index (χ3n) is 7.19. The van der Waals surface area contributed by atoms with E-state index in [1.165, 1.54) is 49.5 Å². The average Bonchev–Trinajstić information content (AvgIpc) is 3.10. The lowest BCUT2D eigenvalue weighted by Crippen LogP contribution is -2.20. The maximum Gasteiger partial charge on any atom is 0.139 e. The highest BCUT2D eigenvalue weighted by molar-refractivity contribution is 6.17. The Bertz CT molecular complexity index is 1550. The van der Waals surface area contributed by atoms with Crippen LogP contribution in [-0.2, 0) is 5.41 Å². The molecule has 3 aromatic carbocycles. The molecule has 0 unspecified atom stereocenters. The van der Waals surface area contributed by atoms with E-state index in [2.05, 4.69) is 90.1 Å². The molecule has 1 aliphatic carbocycles. The molecule has 5 aromatic rings. The van der Waals surface area contributed by atoms with Crippen LogP contribution >= 0.6 is 0 Å². The molecule has 0 bridgehead atoms. The second-order valence-corrected chi connectivity index (χ2v) is 10.0. The summed E-state index contributed by atoms with van der Waals surface area (Å²) in [4.78, 5) is 5.23. The Labute approximate surface area is 182 Å². The molecule has 0 saturated heterocycles. The zero-order valence-corrected chi connectivity index (χ0v) is 19.1. The number of pyridine rings is 1. The van der Waals surface area contributed by atoms with Crippen LogP contribution in [0, 0.1) is 13.8 Å². The minimum atomic E-state index is -0.197. The monoisotopic (exact) mass is 405 g/mol. The van der Waals surface area contributed by atoms with Gasteiger partial charge in [-0.1, -0.05) is 63.6 Å². The lowest BCUT2D eigenvalue weighted by molar-refractivity contribution is 0.636. The van der Waals surface area contributed by atoms with Gasteiger partial charge in [0.2, 0.25) is 0 Å². The van der Waals surface area contributed by atoms with Crippen LogP contribution < -0.4 is 0 Å². The van der Waals surface area contributed by atoms with E-state index in [4.69, 9.17) is 9.40 Å². The fourth-order valence-electron chi connectivity index (χ4n) is 5.42. The third-order valence-corrected chi connectivity index (χ3v) is 7.19. The molecule has 0 radical (unpaired) electrons. The van der Waals surface area contributed by atoms with E-state index in [0.717, 1.165) is 22.4 Å². The van der Waals surface area contributed by atoms with Crippen molar-refractivity contribution in [3.05, 3.63) is 76.3 Å². The van der Waals surface area contributed by atoms with Gasteiger partial charge in [0.25, 0.3) is 0 Å². The first kappa shape index (κ1) is 18.6. The molecule has 2 nitrogen and oxygen atoms in total. The minimum Gasteiger partial charge on any atom is -0.455 e. The van der Waals surface area contributed by atoms with Gasteiger partial charge in [0.15, 0.2) is 0 Å². The van der Waals surface area contributed by atoms with Gasteiger partial charge < -0.3 is 4.42 Å².